The van der Waals surface area contributed by atoms with Gasteiger partial charge in [0.05, 0.1) is 27.8 Å². The maximum Gasteiger partial charge on any atom is 0.235 e. The molecule has 0 aliphatic heterocycles. The lowest BCUT2D eigenvalue weighted by Crippen LogP contribution is -2.02. The van der Waals surface area contributed by atoms with E-state index in [9.17, 15) is 0 Å². The van der Waals surface area contributed by atoms with Gasteiger partial charge in [0.1, 0.15) is 0 Å². The van der Waals surface area contributed by atoms with Crippen LogP contribution in [0.5, 0.6) is 0 Å². The molecule has 4 heteroatoms. The van der Waals surface area contributed by atoms with E-state index in [0.29, 0.717) is 5.95 Å². The van der Waals surface area contributed by atoms with Crippen LogP contribution in [0.2, 0.25) is 0 Å². The highest BCUT2D eigenvalue weighted by molar-refractivity contribution is 6.12. The molecule has 0 spiro atoms. The maximum atomic E-state index is 5.28. The Labute approximate surface area is 324 Å². The zero-order valence-corrected chi connectivity index (χ0v) is 30.4. The molecule has 0 aliphatic rings. The molecule has 11 rings (SSSR count). The molecule has 56 heavy (non-hydrogen) atoms. The van der Waals surface area contributed by atoms with Crippen LogP contribution in [0.25, 0.3) is 99.9 Å². The molecule has 0 amide bonds. The number of hydrogen-bond donors (Lipinski definition) is 0. The molecule has 0 saturated carbocycles. The third-order valence-electron chi connectivity index (χ3n) is 11.0. The smallest absolute Gasteiger partial charge is 0.235 e. The van der Waals surface area contributed by atoms with Crippen LogP contribution in [-0.4, -0.2) is 19.1 Å². The summed E-state index contributed by atoms with van der Waals surface area (Å²) in [5, 5.41) is 4.82. The van der Waals surface area contributed by atoms with Gasteiger partial charge in [-0.25, -0.2) is 9.97 Å². The average Bonchev–Trinajstić information content (AvgIpc) is 3.79. The Hall–Kier alpha value is -7.56. The van der Waals surface area contributed by atoms with E-state index in [4.69, 9.17) is 9.97 Å². The summed E-state index contributed by atoms with van der Waals surface area (Å²) in [7, 11) is 0. The Morgan fingerprint density at radius 1 is 0.321 bits per heavy atom. The van der Waals surface area contributed by atoms with Crippen LogP contribution in [0.4, 0.5) is 0 Å². The standard InChI is InChI=1S/C52H34N4/c1-3-14-35(15-4-1)36-16-13-17-39(32-36)41-20-7-8-21-42(41)47-30-31-53-52(54-47)56-49-25-12-10-23-44(49)46-33-37(27-29-50(46)56)38-26-28-45-43-22-9-11-24-48(43)55(51(45)34-38)40-18-5-2-6-19-40/h1-34H. The molecule has 3 aromatic heterocycles. The van der Waals surface area contributed by atoms with Gasteiger partial charge in [-0.1, -0.05) is 146 Å². The SMILES string of the molecule is c1ccc(-c2cccc(-c3ccccc3-c3ccnc(-n4c5ccccc5c5cc(-c6ccc7c8ccccc8n(-c8ccccc8)c7c6)ccc54)n3)c2)cc1. The van der Waals surface area contributed by atoms with Gasteiger partial charge in [0.15, 0.2) is 0 Å². The highest BCUT2D eigenvalue weighted by Crippen LogP contribution is 2.39. The minimum Gasteiger partial charge on any atom is -0.309 e. The fourth-order valence-electron chi connectivity index (χ4n) is 8.43. The summed E-state index contributed by atoms with van der Waals surface area (Å²) in [5.41, 5.74) is 14.6. The molecule has 0 unspecified atom stereocenters. The summed E-state index contributed by atoms with van der Waals surface area (Å²) in [6.07, 6.45) is 1.88. The van der Waals surface area contributed by atoms with Gasteiger partial charge in [0.25, 0.3) is 0 Å². The number of fused-ring (bicyclic) bond motifs is 6. The number of rotatable bonds is 6. The van der Waals surface area contributed by atoms with Crippen molar-refractivity contribution in [1.29, 1.82) is 0 Å². The van der Waals surface area contributed by atoms with Crippen LogP contribution < -0.4 is 0 Å². The van der Waals surface area contributed by atoms with Gasteiger partial charge in [0, 0.05) is 39.0 Å². The molecule has 262 valence electrons. The first-order valence-corrected chi connectivity index (χ1v) is 19.0. The van der Waals surface area contributed by atoms with Gasteiger partial charge in [0.2, 0.25) is 5.95 Å². The molecule has 0 atom stereocenters. The van der Waals surface area contributed by atoms with E-state index in [1.165, 1.54) is 38.5 Å². The first-order valence-electron chi connectivity index (χ1n) is 19.0. The van der Waals surface area contributed by atoms with Gasteiger partial charge in [-0.15, -0.1) is 0 Å². The van der Waals surface area contributed by atoms with E-state index >= 15 is 0 Å². The van der Waals surface area contributed by atoms with Crippen molar-refractivity contribution in [3.63, 3.8) is 0 Å². The van der Waals surface area contributed by atoms with E-state index in [2.05, 4.69) is 203 Å². The number of benzene rings is 8. The van der Waals surface area contributed by atoms with Crippen molar-refractivity contribution in [2.24, 2.45) is 0 Å². The number of aromatic nitrogens is 4. The third kappa shape index (κ3) is 5.23. The van der Waals surface area contributed by atoms with E-state index in [-0.39, 0.29) is 0 Å². The second-order valence-electron chi connectivity index (χ2n) is 14.2. The Morgan fingerprint density at radius 2 is 0.893 bits per heavy atom. The Kier molecular flexibility index (Phi) is 7.46. The predicted octanol–water partition coefficient (Wildman–Crippen LogP) is 13.3. The number of nitrogens with zero attached hydrogens (tertiary/aromatic N) is 4. The zero-order chi connectivity index (χ0) is 37.0. The Balaban J connectivity index is 1.03. The van der Waals surface area contributed by atoms with Crippen LogP contribution in [0.15, 0.2) is 206 Å². The summed E-state index contributed by atoms with van der Waals surface area (Å²) >= 11 is 0. The second kappa shape index (κ2) is 13.1. The van der Waals surface area contributed by atoms with Crippen molar-refractivity contribution in [2.45, 2.75) is 0 Å². The quantitative estimate of drug-likeness (QED) is 0.172. The first-order chi connectivity index (χ1) is 27.8. The second-order valence-corrected chi connectivity index (χ2v) is 14.2. The lowest BCUT2D eigenvalue weighted by Gasteiger charge is -2.13. The van der Waals surface area contributed by atoms with Crippen molar-refractivity contribution in [2.75, 3.05) is 0 Å². The summed E-state index contributed by atoms with van der Waals surface area (Å²) in [4.78, 5) is 10.2. The molecular weight excluding hydrogens is 681 g/mol. The fraction of sp³-hybridized carbons (Fsp3) is 0. The van der Waals surface area contributed by atoms with Crippen LogP contribution in [0, 0.1) is 0 Å². The van der Waals surface area contributed by atoms with Crippen molar-refractivity contribution in [1.82, 2.24) is 19.1 Å². The Morgan fingerprint density at radius 3 is 1.71 bits per heavy atom. The van der Waals surface area contributed by atoms with E-state index in [1.54, 1.807) is 0 Å². The van der Waals surface area contributed by atoms with Gasteiger partial charge >= 0.3 is 0 Å². The molecule has 0 fully saturated rings. The topological polar surface area (TPSA) is 35.6 Å². The van der Waals surface area contributed by atoms with Crippen molar-refractivity contribution in [3.05, 3.63) is 206 Å². The molecular formula is C52H34N4. The van der Waals surface area contributed by atoms with Crippen LogP contribution in [-0.2, 0) is 0 Å². The normalized spacial score (nSPS) is 11.6. The first kappa shape index (κ1) is 31.9. The summed E-state index contributed by atoms with van der Waals surface area (Å²) in [6.45, 7) is 0. The van der Waals surface area contributed by atoms with Gasteiger partial charge in [-0.2, -0.15) is 0 Å². The van der Waals surface area contributed by atoms with Gasteiger partial charge < -0.3 is 4.57 Å². The summed E-state index contributed by atoms with van der Waals surface area (Å²) in [6, 6.07) is 71.3. The highest BCUT2D eigenvalue weighted by Gasteiger charge is 2.18. The molecule has 0 bridgehead atoms. The minimum atomic E-state index is 0.642. The molecule has 8 aromatic carbocycles. The largest absolute Gasteiger partial charge is 0.309 e. The molecule has 4 nitrogen and oxygen atoms in total. The predicted molar refractivity (Wildman–Crippen MR) is 232 cm³/mol. The minimum absolute atomic E-state index is 0.642. The summed E-state index contributed by atoms with van der Waals surface area (Å²) < 4.78 is 4.58. The van der Waals surface area contributed by atoms with E-state index in [0.717, 1.165) is 55.4 Å². The van der Waals surface area contributed by atoms with Crippen molar-refractivity contribution >= 4 is 43.6 Å². The molecule has 0 N–H and O–H groups in total. The number of hydrogen-bond acceptors (Lipinski definition) is 2. The fourth-order valence-corrected chi connectivity index (χ4v) is 8.43. The van der Waals surface area contributed by atoms with Gasteiger partial charge in [-0.05, 0) is 88.0 Å². The van der Waals surface area contributed by atoms with E-state index < -0.39 is 0 Å². The van der Waals surface area contributed by atoms with Crippen molar-refractivity contribution < 1.29 is 0 Å². The zero-order valence-electron chi connectivity index (χ0n) is 30.4. The lowest BCUT2D eigenvalue weighted by atomic mass is 9.94. The van der Waals surface area contributed by atoms with Crippen molar-refractivity contribution in [3.8, 4) is 56.3 Å². The third-order valence-corrected chi connectivity index (χ3v) is 11.0. The molecule has 3 heterocycles. The van der Waals surface area contributed by atoms with Gasteiger partial charge in [-0.3, -0.25) is 4.57 Å². The van der Waals surface area contributed by atoms with Crippen LogP contribution in [0.3, 0.4) is 0 Å². The molecule has 0 radical (unpaired) electrons. The molecule has 0 saturated heterocycles. The number of para-hydroxylation sites is 3. The molecule has 0 aliphatic carbocycles. The maximum absolute atomic E-state index is 5.28. The highest BCUT2D eigenvalue weighted by atomic mass is 15.2. The van der Waals surface area contributed by atoms with Crippen LogP contribution in [0.1, 0.15) is 0 Å². The van der Waals surface area contributed by atoms with Crippen LogP contribution >= 0.6 is 0 Å². The van der Waals surface area contributed by atoms with E-state index in [1.807, 2.05) is 12.3 Å². The summed E-state index contributed by atoms with van der Waals surface area (Å²) in [5.74, 6) is 0.642. The monoisotopic (exact) mass is 714 g/mol. The average molecular weight is 715 g/mol. The molecule has 11 aromatic rings. The lowest BCUT2D eigenvalue weighted by molar-refractivity contribution is 0.992. The Bertz CT molecular complexity index is 3250.